The number of aliphatic carboxylic acids is 2. The van der Waals surface area contributed by atoms with Crippen molar-refractivity contribution in [1.82, 2.24) is 9.88 Å². The molecule has 0 aromatic carbocycles. The number of pyridine rings is 1. The van der Waals surface area contributed by atoms with Gasteiger partial charge in [0.25, 0.3) is 0 Å². The van der Waals surface area contributed by atoms with Crippen LogP contribution >= 0.6 is 0 Å². The lowest BCUT2D eigenvalue weighted by atomic mass is 9.99. The fourth-order valence-electron chi connectivity index (χ4n) is 3.75. The topological polar surface area (TPSA) is 109 Å². The molecule has 3 heterocycles. The molecule has 8 nitrogen and oxygen atoms in total. The molecule has 2 N–H and O–H groups in total. The molecule has 0 radical (unpaired) electrons. The highest BCUT2D eigenvalue weighted by atomic mass is 19.4. The lowest BCUT2D eigenvalue weighted by Gasteiger charge is -2.35. The van der Waals surface area contributed by atoms with E-state index in [9.17, 15) is 26.3 Å². The van der Waals surface area contributed by atoms with E-state index in [1.807, 2.05) is 12.3 Å². The van der Waals surface area contributed by atoms with Gasteiger partial charge in [0, 0.05) is 31.9 Å². The van der Waals surface area contributed by atoms with Gasteiger partial charge in [-0.2, -0.15) is 26.3 Å². The van der Waals surface area contributed by atoms with Gasteiger partial charge in [-0.15, -0.1) is 0 Å². The Labute approximate surface area is 203 Å². The maximum atomic E-state index is 10.6. The van der Waals surface area contributed by atoms with Crippen LogP contribution in [0.4, 0.5) is 26.3 Å². The third-order valence-corrected chi connectivity index (χ3v) is 5.68. The number of rotatable bonds is 6. The summed E-state index contributed by atoms with van der Waals surface area (Å²) in [5.74, 6) is -4.67. The molecule has 2 aliphatic heterocycles. The molecule has 1 aromatic heterocycles. The second-order valence-corrected chi connectivity index (χ2v) is 8.61. The average molecular weight is 530 g/mol. The summed E-state index contributed by atoms with van der Waals surface area (Å²) in [7, 11) is 0. The van der Waals surface area contributed by atoms with Gasteiger partial charge in [-0.05, 0) is 50.2 Å². The van der Waals surface area contributed by atoms with Crippen LogP contribution in [0.5, 0.6) is 0 Å². The Morgan fingerprint density at radius 1 is 0.972 bits per heavy atom. The fraction of sp³-hybridized carbons (Fsp3) is 0.682. The Kier molecular flexibility index (Phi) is 10.9. The molecule has 0 unspecified atom stereocenters. The Morgan fingerprint density at radius 3 is 2.08 bits per heavy atom. The lowest BCUT2D eigenvalue weighted by Crippen LogP contribution is -2.43. The number of likely N-dealkylation sites (tertiary alicyclic amines) is 1. The molecule has 36 heavy (non-hydrogen) atoms. The number of carbonyl (C=O) groups is 2. The quantitative estimate of drug-likeness (QED) is 0.534. The first-order chi connectivity index (χ1) is 16.8. The van der Waals surface area contributed by atoms with E-state index in [2.05, 4.69) is 22.0 Å². The van der Waals surface area contributed by atoms with E-state index >= 15 is 0 Å². The van der Waals surface area contributed by atoms with Gasteiger partial charge in [0.15, 0.2) is 0 Å². The van der Waals surface area contributed by atoms with Crippen LogP contribution in [-0.2, 0) is 25.6 Å². The van der Waals surface area contributed by atoms with Gasteiger partial charge >= 0.3 is 24.3 Å². The van der Waals surface area contributed by atoms with Crippen molar-refractivity contribution < 1.29 is 55.6 Å². The van der Waals surface area contributed by atoms with Crippen LogP contribution in [0.25, 0.3) is 0 Å². The van der Waals surface area contributed by atoms with Crippen molar-refractivity contribution in [2.75, 3.05) is 19.8 Å². The molecule has 0 spiro atoms. The van der Waals surface area contributed by atoms with Gasteiger partial charge in [0.2, 0.25) is 0 Å². The molecule has 1 aromatic rings. The number of fused-ring (bicyclic) bond motifs is 1. The number of carboxylic acids is 2. The number of nitrogens with zero attached hydrogens (tertiary/aromatic N) is 2. The van der Waals surface area contributed by atoms with Crippen LogP contribution < -0.4 is 0 Å². The second-order valence-electron chi connectivity index (χ2n) is 8.61. The second kappa shape index (κ2) is 13.2. The first kappa shape index (κ1) is 29.8. The number of hydrogen-bond acceptors (Lipinski definition) is 6. The molecule has 3 atom stereocenters. The van der Waals surface area contributed by atoms with Crippen molar-refractivity contribution in [2.45, 2.75) is 69.3 Å². The summed E-state index contributed by atoms with van der Waals surface area (Å²) < 4.78 is 75.6. The normalized spacial score (nSPS) is 24.0. The first-order valence-corrected chi connectivity index (χ1v) is 11.2. The average Bonchev–Trinajstić information content (AvgIpc) is 3.54. The van der Waals surface area contributed by atoms with Crippen LogP contribution in [-0.4, -0.2) is 82.4 Å². The third kappa shape index (κ3) is 10.7. The summed E-state index contributed by atoms with van der Waals surface area (Å²) in [5.41, 5.74) is 1.16. The zero-order chi connectivity index (χ0) is 26.9. The summed E-state index contributed by atoms with van der Waals surface area (Å²) in [6.07, 6.45) is -1.34. The minimum absolute atomic E-state index is 0.315. The summed E-state index contributed by atoms with van der Waals surface area (Å²) in [6, 6.07) is 6.74. The highest BCUT2D eigenvalue weighted by Crippen LogP contribution is 2.33. The number of aromatic nitrogens is 1. The van der Waals surface area contributed by atoms with Crippen LogP contribution in [0.1, 0.15) is 37.8 Å². The predicted octanol–water partition coefficient (Wildman–Crippen LogP) is 3.90. The van der Waals surface area contributed by atoms with E-state index in [-0.39, 0.29) is 0 Å². The summed E-state index contributed by atoms with van der Waals surface area (Å²) in [4.78, 5) is 24.8. The van der Waals surface area contributed by atoms with Gasteiger partial charge < -0.3 is 19.7 Å². The van der Waals surface area contributed by atoms with Gasteiger partial charge in [-0.1, -0.05) is 6.07 Å². The van der Waals surface area contributed by atoms with Crippen molar-refractivity contribution in [3.05, 3.63) is 30.1 Å². The van der Waals surface area contributed by atoms with Crippen LogP contribution in [0, 0.1) is 5.92 Å². The molecule has 1 aliphatic carbocycles. The SMILES string of the molecule is O=C(O)C(F)(F)F.O=C(O)C(F)(F)F.c1ccc(CN2CC[C@H]3O[C@@H](COCC4CC4)CC[C@H]32)nc1. The maximum absolute atomic E-state index is 10.6. The zero-order valence-electron chi connectivity index (χ0n) is 19.2. The van der Waals surface area contributed by atoms with Crippen molar-refractivity contribution in [3.8, 4) is 0 Å². The third-order valence-electron chi connectivity index (χ3n) is 5.68. The van der Waals surface area contributed by atoms with Crippen molar-refractivity contribution >= 4 is 11.9 Å². The van der Waals surface area contributed by atoms with Gasteiger partial charge in [0.05, 0.1) is 24.5 Å². The molecule has 1 saturated carbocycles. The van der Waals surface area contributed by atoms with Crippen molar-refractivity contribution in [3.63, 3.8) is 0 Å². The number of ether oxygens (including phenoxy) is 2. The number of carboxylic acid groups (broad SMARTS) is 2. The van der Waals surface area contributed by atoms with E-state index in [1.54, 1.807) is 0 Å². The smallest absolute Gasteiger partial charge is 0.475 e. The predicted molar refractivity (Wildman–Crippen MR) is 112 cm³/mol. The standard InChI is InChI=1S/C18H26N2O2.2C2HF3O2/c1-2-9-19-15(3-1)11-20-10-8-18-17(20)7-6-16(22-18)13-21-12-14-4-5-14;2*3-2(4,5)1(6)7/h1-3,9,14,16-18H,4-8,10-13H2;2*(H,6,7)/t16-,17-,18-;;/m1../s1. The number of alkyl halides is 6. The molecule has 3 aliphatic rings. The molecule has 2 saturated heterocycles. The van der Waals surface area contributed by atoms with Gasteiger partial charge in [-0.3, -0.25) is 9.88 Å². The van der Waals surface area contributed by atoms with E-state index in [1.165, 1.54) is 19.3 Å². The number of hydrogen-bond donors (Lipinski definition) is 2. The molecule has 204 valence electrons. The fourth-order valence-corrected chi connectivity index (χ4v) is 3.75. The maximum Gasteiger partial charge on any atom is 0.490 e. The van der Waals surface area contributed by atoms with E-state index in [0.717, 1.165) is 50.8 Å². The Morgan fingerprint density at radius 2 is 1.58 bits per heavy atom. The molecule has 0 bridgehead atoms. The summed E-state index contributed by atoms with van der Waals surface area (Å²) >= 11 is 0. The van der Waals surface area contributed by atoms with E-state index in [4.69, 9.17) is 29.3 Å². The van der Waals surface area contributed by atoms with Crippen molar-refractivity contribution in [2.24, 2.45) is 5.92 Å². The highest BCUT2D eigenvalue weighted by molar-refractivity contribution is 5.73. The van der Waals surface area contributed by atoms with Crippen LogP contribution in [0.3, 0.4) is 0 Å². The molecular formula is C22H28F6N2O6. The van der Waals surface area contributed by atoms with Gasteiger partial charge in [0.1, 0.15) is 0 Å². The Hall–Kier alpha value is -2.45. The molecular weight excluding hydrogens is 502 g/mol. The van der Waals surface area contributed by atoms with Gasteiger partial charge in [-0.25, -0.2) is 9.59 Å². The zero-order valence-corrected chi connectivity index (χ0v) is 19.2. The largest absolute Gasteiger partial charge is 0.490 e. The monoisotopic (exact) mass is 530 g/mol. The Bertz CT molecular complexity index is 811. The molecule has 0 amide bonds. The van der Waals surface area contributed by atoms with Crippen molar-refractivity contribution in [1.29, 1.82) is 0 Å². The minimum Gasteiger partial charge on any atom is -0.475 e. The lowest BCUT2D eigenvalue weighted by molar-refractivity contribution is -0.193. The molecule has 4 rings (SSSR count). The van der Waals surface area contributed by atoms with Crippen LogP contribution in [0.2, 0.25) is 0 Å². The minimum atomic E-state index is -5.08. The first-order valence-electron chi connectivity index (χ1n) is 11.2. The Balaban J connectivity index is 0.000000271. The van der Waals surface area contributed by atoms with E-state index < -0.39 is 24.3 Å². The number of halogens is 6. The molecule has 3 fully saturated rings. The summed E-state index contributed by atoms with van der Waals surface area (Å²) in [6.45, 7) is 3.81. The highest BCUT2D eigenvalue weighted by Gasteiger charge is 2.40. The van der Waals surface area contributed by atoms with E-state index in [0.29, 0.717) is 18.2 Å². The van der Waals surface area contributed by atoms with Crippen LogP contribution in [0.15, 0.2) is 24.4 Å². The molecule has 14 heteroatoms. The summed E-state index contributed by atoms with van der Waals surface area (Å²) in [5, 5.41) is 14.2.